The van der Waals surface area contributed by atoms with E-state index in [4.69, 9.17) is 9.47 Å². The lowest BCUT2D eigenvalue weighted by Crippen LogP contribution is -2.03. The number of aromatic nitrogens is 4. The summed E-state index contributed by atoms with van der Waals surface area (Å²) in [5.41, 5.74) is 0.970. The quantitative estimate of drug-likeness (QED) is 0.459. The summed E-state index contributed by atoms with van der Waals surface area (Å²) in [6.07, 6.45) is 3.01. The van der Waals surface area contributed by atoms with Gasteiger partial charge in [0, 0.05) is 10.5 Å². The summed E-state index contributed by atoms with van der Waals surface area (Å²) in [4.78, 5) is 14.1. The number of hydrogen-bond acceptors (Lipinski definition) is 7. The number of phenols is 1. The molecule has 3 rings (SSSR count). The molecule has 9 heteroatoms. The van der Waals surface area contributed by atoms with E-state index in [1.807, 2.05) is 24.3 Å². The molecule has 0 atom stereocenters. The van der Waals surface area contributed by atoms with Crippen molar-refractivity contribution in [3.05, 3.63) is 52.0 Å². The number of ketones is 1. The van der Waals surface area contributed by atoms with E-state index in [0.717, 1.165) is 10.0 Å². The number of allylic oxidation sites excluding steroid dienone is 1. The van der Waals surface area contributed by atoms with Gasteiger partial charge in [-0.1, -0.05) is 34.1 Å². The second-order valence-electron chi connectivity index (χ2n) is 5.73. The Morgan fingerprint density at radius 2 is 1.96 bits per heavy atom. The van der Waals surface area contributed by atoms with E-state index in [2.05, 4.69) is 31.3 Å². The van der Waals surface area contributed by atoms with Crippen LogP contribution < -0.4 is 9.47 Å². The highest BCUT2D eigenvalue weighted by Crippen LogP contribution is 2.43. The number of halogens is 1. The van der Waals surface area contributed by atoms with Crippen LogP contribution in [-0.4, -0.2) is 45.3 Å². The maximum Gasteiger partial charge on any atom is 0.212 e. The van der Waals surface area contributed by atoms with Crippen LogP contribution in [0.3, 0.4) is 0 Å². The highest BCUT2D eigenvalue weighted by molar-refractivity contribution is 9.10. The van der Waals surface area contributed by atoms with Crippen LogP contribution in [0.15, 0.2) is 40.9 Å². The molecule has 0 aliphatic rings. The Kier molecular flexibility index (Phi) is 5.74. The number of carbonyl (C=O) groups excluding carboxylic acids is 1. The van der Waals surface area contributed by atoms with Crippen LogP contribution in [0, 0.1) is 0 Å². The maximum atomic E-state index is 12.9. The van der Waals surface area contributed by atoms with Gasteiger partial charge in [0.1, 0.15) is 28.4 Å². The number of tetrazole rings is 1. The van der Waals surface area contributed by atoms with Gasteiger partial charge in [-0.05, 0) is 29.0 Å². The predicted molar refractivity (Wildman–Crippen MR) is 107 cm³/mol. The van der Waals surface area contributed by atoms with Gasteiger partial charge in [0.15, 0.2) is 5.78 Å². The zero-order valence-electron chi connectivity index (χ0n) is 15.4. The van der Waals surface area contributed by atoms with Gasteiger partial charge in [0.2, 0.25) is 5.82 Å². The van der Waals surface area contributed by atoms with E-state index in [1.54, 1.807) is 13.1 Å². The third-order valence-electron chi connectivity index (χ3n) is 3.92. The molecule has 1 N–H and O–H groups in total. The van der Waals surface area contributed by atoms with E-state index in [0.29, 0.717) is 0 Å². The summed E-state index contributed by atoms with van der Waals surface area (Å²) in [5, 5.41) is 22.6. The summed E-state index contributed by atoms with van der Waals surface area (Å²) in [7, 11) is 4.43. The molecule has 0 saturated carbocycles. The molecule has 28 heavy (non-hydrogen) atoms. The Hall–Kier alpha value is -3.20. The summed E-state index contributed by atoms with van der Waals surface area (Å²) in [6.45, 7) is 0. The number of ether oxygens (including phenoxy) is 2. The predicted octanol–water partition coefficient (Wildman–Crippen LogP) is 3.26. The molecule has 1 aromatic heterocycles. The van der Waals surface area contributed by atoms with E-state index in [-0.39, 0.29) is 34.2 Å². The Bertz CT molecular complexity index is 1060. The van der Waals surface area contributed by atoms with Gasteiger partial charge < -0.3 is 14.6 Å². The molecular formula is C19H17BrN4O4. The minimum absolute atomic E-state index is 0.0167. The van der Waals surface area contributed by atoms with Crippen LogP contribution in [0.1, 0.15) is 15.9 Å². The van der Waals surface area contributed by atoms with Crippen molar-refractivity contribution in [2.45, 2.75) is 0 Å². The molecule has 3 aromatic rings. The first-order valence-electron chi connectivity index (χ1n) is 8.15. The van der Waals surface area contributed by atoms with Crippen molar-refractivity contribution in [3.63, 3.8) is 0 Å². The summed E-state index contributed by atoms with van der Waals surface area (Å²) in [5.74, 6) is -0.222. The number of hydrogen-bond donors (Lipinski definition) is 1. The first-order valence-corrected chi connectivity index (χ1v) is 8.94. The number of phenolic OH excluding ortho intramolecular Hbond substituents is 1. The molecule has 0 amide bonds. The van der Waals surface area contributed by atoms with Crippen molar-refractivity contribution in [2.24, 2.45) is 7.05 Å². The number of methoxy groups -OCH3 is 2. The van der Waals surface area contributed by atoms with Crippen molar-refractivity contribution < 1.29 is 19.4 Å². The topological polar surface area (TPSA) is 99.4 Å². The second-order valence-corrected chi connectivity index (χ2v) is 6.65. The lowest BCUT2D eigenvalue weighted by atomic mass is 10.0. The van der Waals surface area contributed by atoms with Crippen molar-refractivity contribution >= 4 is 27.8 Å². The van der Waals surface area contributed by atoms with Gasteiger partial charge in [-0.15, -0.1) is 10.2 Å². The maximum absolute atomic E-state index is 12.9. The Labute approximate surface area is 169 Å². The molecule has 8 nitrogen and oxygen atoms in total. The zero-order chi connectivity index (χ0) is 20.3. The van der Waals surface area contributed by atoms with Crippen LogP contribution in [-0.2, 0) is 7.05 Å². The number of rotatable bonds is 6. The monoisotopic (exact) mass is 444 g/mol. The van der Waals surface area contributed by atoms with Crippen molar-refractivity contribution in [2.75, 3.05) is 14.2 Å². The molecule has 0 aliphatic carbocycles. The molecule has 2 aromatic carbocycles. The molecule has 0 radical (unpaired) electrons. The van der Waals surface area contributed by atoms with Crippen molar-refractivity contribution in [1.29, 1.82) is 0 Å². The Morgan fingerprint density at radius 3 is 2.57 bits per heavy atom. The number of carbonyl (C=O) groups is 1. The summed E-state index contributed by atoms with van der Waals surface area (Å²) >= 11 is 3.39. The third kappa shape index (κ3) is 3.89. The zero-order valence-corrected chi connectivity index (χ0v) is 17.0. The molecule has 1 heterocycles. The van der Waals surface area contributed by atoms with Crippen molar-refractivity contribution in [1.82, 2.24) is 20.2 Å². The largest absolute Gasteiger partial charge is 0.506 e. The minimum Gasteiger partial charge on any atom is -0.506 e. The van der Waals surface area contributed by atoms with E-state index in [9.17, 15) is 9.90 Å². The van der Waals surface area contributed by atoms with E-state index < -0.39 is 5.78 Å². The average Bonchev–Trinajstić information content (AvgIpc) is 3.10. The minimum atomic E-state index is -0.442. The fraction of sp³-hybridized carbons (Fsp3) is 0.158. The third-order valence-corrected chi connectivity index (χ3v) is 4.42. The number of benzene rings is 2. The fourth-order valence-electron chi connectivity index (χ4n) is 2.65. The van der Waals surface area contributed by atoms with Crippen LogP contribution >= 0.6 is 15.9 Å². The van der Waals surface area contributed by atoms with E-state index >= 15 is 0 Å². The highest BCUT2D eigenvalue weighted by Gasteiger charge is 2.26. The number of nitrogens with zero attached hydrogens (tertiary/aromatic N) is 4. The van der Waals surface area contributed by atoms with Crippen molar-refractivity contribution in [3.8, 4) is 28.6 Å². The molecular weight excluding hydrogens is 428 g/mol. The average molecular weight is 445 g/mol. The fourth-order valence-corrected chi connectivity index (χ4v) is 3.06. The highest BCUT2D eigenvalue weighted by atomic mass is 79.9. The van der Waals surface area contributed by atoms with E-state index in [1.165, 1.54) is 31.2 Å². The molecule has 0 unspecified atom stereocenters. The molecule has 0 saturated heterocycles. The Morgan fingerprint density at radius 1 is 1.21 bits per heavy atom. The normalized spacial score (nSPS) is 11.0. The first-order chi connectivity index (χ1) is 13.4. The van der Waals surface area contributed by atoms with Crippen LogP contribution in [0.25, 0.3) is 17.5 Å². The summed E-state index contributed by atoms with van der Waals surface area (Å²) in [6, 6.07) is 8.97. The van der Waals surface area contributed by atoms with Gasteiger partial charge in [0.25, 0.3) is 0 Å². The Balaban J connectivity index is 2.10. The number of aryl methyl sites for hydroxylation is 1. The van der Waals surface area contributed by atoms with Crippen LogP contribution in [0.5, 0.6) is 17.2 Å². The lowest BCUT2D eigenvalue weighted by Gasteiger charge is -2.14. The molecule has 144 valence electrons. The molecule has 0 bridgehead atoms. The van der Waals surface area contributed by atoms with Gasteiger partial charge >= 0.3 is 0 Å². The second kappa shape index (κ2) is 8.22. The first kappa shape index (κ1) is 19.6. The summed E-state index contributed by atoms with van der Waals surface area (Å²) < 4.78 is 11.5. The van der Waals surface area contributed by atoms with Gasteiger partial charge in [-0.25, -0.2) is 0 Å². The standard InChI is InChI=1S/C19H17BrN4O4/c1-24-22-19(21-23-24)17-15(28-3)10-14(27-2)16(18(17)26)13(25)8-7-11-5-4-6-12(20)9-11/h4-10,26H,1-3H3/b8-7+. The lowest BCUT2D eigenvalue weighted by molar-refractivity contribution is 0.104. The molecule has 0 spiro atoms. The van der Waals surface area contributed by atoms with Gasteiger partial charge in [0.05, 0.1) is 21.3 Å². The van der Waals surface area contributed by atoms with Gasteiger partial charge in [-0.3, -0.25) is 4.79 Å². The number of aromatic hydroxyl groups is 1. The molecule has 0 fully saturated rings. The van der Waals surface area contributed by atoms with Crippen LogP contribution in [0.2, 0.25) is 0 Å². The SMILES string of the molecule is COc1cc(OC)c(-c2nnn(C)n2)c(O)c1C(=O)/C=C/c1cccc(Br)c1. The smallest absolute Gasteiger partial charge is 0.212 e. The molecule has 0 aliphatic heterocycles. The van der Waals surface area contributed by atoms with Crippen LogP contribution in [0.4, 0.5) is 0 Å². The van der Waals surface area contributed by atoms with Gasteiger partial charge in [-0.2, -0.15) is 4.80 Å².